The molecule has 6 heteroatoms. The summed E-state index contributed by atoms with van der Waals surface area (Å²) in [6, 6.07) is 9.99. The number of aryl methyl sites for hydroxylation is 1. The van der Waals surface area contributed by atoms with Gasteiger partial charge in [0.05, 0.1) is 13.2 Å². The first-order valence-corrected chi connectivity index (χ1v) is 8.72. The van der Waals surface area contributed by atoms with Gasteiger partial charge in [-0.3, -0.25) is 4.79 Å². The standard InChI is InChI=1S/C18H21N3O2S/c1-13-12-24-17(19-13)11-20(2)18(22)16-10-14-6-4-5-7-15(14)21(16)8-9-23-3/h4-7,10,12H,8-9,11H2,1-3H3. The number of nitrogens with zero attached hydrogens (tertiary/aromatic N) is 3. The maximum absolute atomic E-state index is 13.0. The van der Waals surface area contributed by atoms with Crippen molar-refractivity contribution in [2.45, 2.75) is 20.0 Å². The normalized spacial score (nSPS) is 11.1. The molecule has 0 radical (unpaired) electrons. The van der Waals surface area contributed by atoms with Crippen molar-refractivity contribution in [3.8, 4) is 0 Å². The Hall–Kier alpha value is -2.18. The lowest BCUT2D eigenvalue weighted by Crippen LogP contribution is -2.28. The zero-order valence-electron chi connectivity index (χ0n) is 14.2. The number of aromatic nitrogens is 2. The number of hydrogen-bond acceptors (Lipinski definition) is 4. The lowest BCUT2D eigenvalue weighted by molar-refractivity contribution is 0.0772. The van der Waals surface area contributed by atoms with Gasteiger partial charge in [0.2, 0.25) is 0 Å². The lowest BCUT2D eigenvalue weighted by atomic mass is 10.2. The Bertz CT molecular complexity index is 853. The van der Waals surface area contributed by atoms with E-state index in [2.05, 4.69) is 4.98 Å². The number of ether oxygens (including phenoxy) is 1. The number of thiazole rings is 1. The van der Waals surface area contributed by atoms with Crippen LogP contribution in [0.5, 0.6) is 0 Å². The molecule has 0 unspecified atom stereocenters. The molecule has 0 spiro atoms. The molecule has 5 nitrogen and oxygen atoms in total. The first kappa shape index (κ1) is 16.7. The fourth-order valence-electron chi connectivity index (χ4n) is 2.76. The SMILES string of the molecule is COCCn1c(C(=O)N(C)Cc2nc(C)cs2)cc2ccccc21. The van der Waals surface area contributed by atoms with Gasteiger partial charge in [-0.1, -0.05) is 18.2 Å². The van der Waals surface area contributed by atoms with Crippen molar-refractivity contribution in [1.82, 2.24) is 14.5 Å². The van der Waals surface area contributed by atoms with Crippen molar-refractivity contribution in [3.05, 3.63) is 52.1 Å². The van der Waals surface area contributed by atoms with E-state index in [4.69, 9.17) is 4.74 Å². The van der Waals surface area contributed by atoms with E-state index >= 15 is 0 Å². The van der Waals surface area contributed by atoms with Crippen LogP contribution in [-0.2, 0) is 17.8 Å². The van der Waals surface area contributed by atoms with Crippen LogP contribution in [0.4, 0.5) is 0 Å². The lowest BCUT2D eigenvalue weighted by Gasteiger charge is -2.17. The highest BCUT2D eigenvalue weighted by Gasteiger charge is 2.19. The molecule has 0 N–H and O–H groups in total. The minimum atomic E-state index is -0.00449. The van der Waals surface area contributed by atoms with Gasteiger partial charge >= 0.3 is 0 Å². The summed E-state index contributed by atoms with van der Waals surface area (Å²) >= 11 is 1.58. The molecule has 126 valence electrons. The van der Waals surface area contributed by atoms with E-state index in [1.165, 1.54) is 0 Å². The smallest absolute Gasteiger partial charge is 0.270 e. The van der Waals surface area contributed by atoms with E-state index in [1.807, 2.05) is 54.3 Å². The molecule has 0 aliphatic heterocycles. The number of para-hydroxylation sites is 1. The summed E-state index contributed by atoms with van der Waals surface area (Å²) in [6.45, 7) is 3.69. The minimum Gasteiger partial charge on any atom is -0.383 e. The summed E-state index contributed by atoms with van der Waals surface area (Å²) in [4.78, 5) is 19.1. The van der Waals surface area contributed by atoms with E-state index in [9.17, 15) is 4.79 Å². The molecule has 24 heavy (non-hydrogen) atoms. The molecule has 1 amide bonds. The highest BCUT2D eigenvalue weighted by molar-refractivity contribution is 7.09. The molecule has 0 bridgehead atoms. The van der Waals surface area contributed by atoms with Crippen LogP contribution in [0, 0.1) is 6.92 Å². The number of benzene rings is 1. The van der Waals surface area contributed by atoms with Crippen molar-refractivity contribution in [1.29, 1.82) is 0 Å². The van der Waals surface area contributed by atoms with Crippen molar-refractivity contribution in [2.24, 2.45) is 0 Å². The third-order valence-corrected chi connectivity index (χ3v) is 4.89. The summed E-state index contributed by atoms with van der Waals surface area (Å²) in [7, 11) is 3.49. The fraction of sp³-hybridized carbons (Fsp3) is 0.333. The van der Waals surface area contributed by atoms with E-state index in [0.717, 1.165) is 21.6 Å². The van der Waals surface area contributed by atoms with Crippen molar-refractivity contribution >= 4 is 28.1 Å². The zero-order chi connectivity index (χ0) is 17.1. The third kappa shape index (κ3) is 3.34. The zero-order valence-corrected chi connectivity index (χ0v) is 15.0. The van der Waals surface area contributed by atoms with E-state index < -0.39 is 0 Å². The Labute approximate surface area is 145 Å². The number of methoxy groups -OCH3 is 1. The first-order valence-electron chi connectivity index (χ1n) is 7.84. The first-order chi connectivity index (χ1) is 11.6. The van der Waals surface area contributed by atoms with Gasteiger partial charge in [-0.15, -0.1) is 11.3 Å². The van der Waals surface area contributed by atoms with E-state index in [1.54, 1.807) is 23.3 Å². The van der Waals surface area contributed by atoms with Gasteiger partial charge in [-0.2, -0.15) is 0 Å². The summed E-state index contributed by atoms with van der Waals surface area (Å²) < 4.78 is 7.24. The maximum atomic E-state index is 13.0. The number of rotatable bonds is 6. The van der Waals surface area contributed by atoms with Crippen LogP contribution in [0.1, 0.15) is 21.2 Å². The average Bonchev–Trinajstić information content (AvgIpc) is 3.15. The quantitative estimate of drug-likeness (QED) is 0.690. The molecule has 0 aliphatic carbocycles. The maximum Gasteiger partial charge on any atom is 0.270 e. The Morgan fingerprint density at radius 1 is 1.38 bits per heavy atom. The van der Waals surface area contributed by atoms with Gasteiger partial charge in [-0.05, 0) is 19.1 Å². The third-order valence-electron chi connectivity index (χ3n) is 3.93. The second kappa shape index (κ2) is 7.15. The molecule has 0 saturated heterocycles. The highest BCUT2D eigenvalue weighted by Crippen LogP contribution is 2.22. The van der Waals surface area contributed by atoms with Crippen molar-refractivity contribution in [2.75, 3.05) is 20.8 Å². The van der Waals surface area contributed by atoms with Gasteiger partial charge in [-0.25, -0.2) is 4.98 Å². The van der Waals surface area contributed by atoms with Gasteiger partial charge in [0, 0.05) is 42.7 Å². The number of carbonyl (C=O) groups is 1. The van der Waals surface area contributed by atoms with E-state index in [-0.39, 0.29) is 5.91 Å². The van der Waals surface area contributed by atoms with Gasteiger partial charge < -0.3 is 14.2 Å². The number of amides is 1. The Morgan fingerprint density at radius 2 is 2.17 bits per heavy atom. The van der Waals surface area contributed by atoms with Crippen LogP contribution in [-0.4, -0.2) is 41.1 Å². The van der Waals surface area contributed by atoms with Gasteiger partial charge in [0.25, 0.3) is 5.91 Å². The fourth-order valence-corrected chi connectivity index (χ4v) is 3.58. The topological polar surface area (TPSA) is 47.4 Å². The molecular formula is C18H21N3O2S. The van der Waals surface area contributed by atoms with Crippen molar-refractivity contribution < 1.29 is 9.53 Å². The Balaban J connectivity index is 1.90. The minimum absolute atomic E-state index is 0.00449. The van der Waals surface area contributed by atoms with Crippen molar-refractivity contribution in [3.63, 3.8) is 0 Å². The van der Waals surface area contributed by atoms with Gasteiger partial charge in [0.1, 0.15) is 10.7 Å². The molecule has 3 aromatic rings. The van der Waals surface area contributed by atoms with Crippen LogP contribution in [0.3, 0.4) is 0 Å². The summed E-state index contributed by atoms with van der Waals surface area (Å²) in [5.74, 6) is -0.00449. The molecular weight excluding hydrogens is 322 g/mol. The highest BCUT2D eigenvalue weighted by atomic mass is 32.1. The second-order valence-corrected chi connectivity index (χ2v) is 6.72. The molecule has 0 saturated carbocycles. The number of carbonyl (C=O) groups excluding carboxylic acids is 1. The average molecular weight is 343 g/mol. The van der Waals surface area contributed by atoms with Gasteiger partial charge in [0.15, 0.2) is 0 Å². The largest absolute Gasteiger partial charge is 0.383 e. The van der Waals surface area contributed by atoms with Crippen LogP contribution >= 0.6 is 11.3 Å². The van der Waals surface area contributed by atoms with E-state index in [0.29, 0.717) is 25.4 Å². The molecule has 0 aliphatic rings. The van der Waals surface area contributed by atoms with Crippen LogP contribution in [0.2, 0.25) is 0 Å². The monoisotopic (exact) mass is 343 g/mol. The number of fused-ring (bicyclic) bond motifs is 1. The molecule has 1 aromatic carbocycles. The summed E-state index contributed by atoms with van der Waals surface area (Å²) in [5.41, 5.74) is 2.73. The Kier molecular flexibility index (Phi) is 4.97. The summed E-state index contributed by atoms with van der Waals surface area (Å²) in [6.07, 6.45) is 0. The second-order valence-electron chi connectivity index (χ2n) is 5.78. The predicted molar refractivity (Wildman–Crippen MR) is 96.5 cm³/mol. The molecule has 3 rings (SSSR count). The summed E-state index contributed by atoms with van der Waals surface area (Å²) in [5, 5.41) is 4.02. The molecule has 0 fully saturated rings. The number of hydrogen-bond donors (Lipinski definition) is 0. The molecule has 2 aromatic heterocycles. The molecule has 0 atom stereocenters. The van der Waals surface area contributed by atoms with Crippen LogP contribution in [0.25, 0.3) is 10.9 Å². The van der Waals surface area contributed by atoms with Crippen LogP contribution < -0.4 is 0 Å². The van der Waals surface area contributed by atoms with Crippen LogP contribution in [0.15, 0.2) is 35.7 Å². The molecule has 2 heterocycles. The Morgan fingerprint density at radius 3 is 2.88 bits per heavy atom. The predicted octanol–water partition coefficient (Wildman–Crippen LogP) is 3.32.